The van der Waals surface area contributed by atoms with Crippen LogP contribution in [0.2, 0.25) is 0 Å². The molecule has 1 aliphatic heterocycles. The number of anilines is 1. The van der Waals surface area contributed by atoms with Crippen molar-refractivity contribution >= 4 is 16.9 Å². The lowest BCUT2D eigenvalue weighted by Crippen LogP contribution is -2.44. The van der Waals surface area contributed by atoms with Gasteiger partial charge in [0.2, 0.25) is 0 Å². The van der Waals surface area contributed by atoms with Crippen molar-refractivity contribution in [3.05, 3.63) is 36.3 Å². The molecule has 3 aromatic heterocycles. The number of nitrogens with one attached hydrogen (secondary N) is 1. The van der Waals surface area contributed by atoms with Gasteiger partial charge in [0.05, 0.1) is 5.69 Å². The Morgan fingerprint density at radius 2 is 2.21 bits per heavy atom. The number of aromatic nitrogens is 4. The maximum atomic E-state index is 14.6. The summed E-state index contributed by atoms with van der Waals surface area (Å²) in [5.74, 6) is 1.43. The Hall–Kier alpha value is -2.54. The van der Waals surface area contributed by atoms with E-state index in [-0.39, 0.29) is 21.8 Å². The number of hydrogen-bond acceptors (Lipinski definition) is 5. The molecule has 3 aromatic rings. The van der Waals surface area contributed by atoms with E-state index in [1.54, 1.807) is 12.3 Å². The largest absolute Gasteiger partial charge is 0.356 e. The van der Waals surface area contributed by atoms with E-state index in [2.05, 4.69) is 38.9 Å². The van der Waals surface area contributed by atoms with Crippen LogP contribution in [-0.4, -0.2) is 39.3 Å². The molecule has 28 heavy (non-hydrogen) atoms. The lowest BCUT2D eigenvalue weighted by molar-refractivity contribution is 0.313. The second-order valence-electron chi connectivity index (χ2n) is 8.11. The molecule has 1 fully saturated rings. The van der Waals surface area contributed by atoms with Crippen LogP contribution < -0.4 is 10.6 Å². The van der Waals surface area contributed by atoms with E-state index in [0.717, 1.165) is 43.6 Å². The predicted octanol–water partition coefficient (Wildman–Crippen LogP) is 4.49. The number of hydrogen-bond donors (Lipinski definition) is 2. The van der Waals surface area contributed by atoms with E-state index in [4.69, 9.17) is 5.73 Å². The number of halogens is 1. The van der Waals surface area contributed by atoms with E-state index in [1.807, 2.05) is 12.1 Å². The van der Waals surface area contributed by atoms with Crippen LogP contribution >= 0.6 is 0 Å². The highest BCUT2D eigenvalue weighted by atomic mass is 19.1. The smallest absolute Gasteiger partial charge is 0.181 e. The van der Waals surface area contributed by atoms with Crippen LogP contribution in [0.3, 0.4) is 0 Å². The van der Waals surface area contributed by atoms with Crippen LogP contribution in [0.15, 0.2) is 30.5 Å². The Bertz CT molecular complexity index is 967. The minimum Gasteiger partial charge on any atom is -0.356 e. The van der Waals surface area contributed by atoms with Gasteiger partial charge >= 0.3 is 0 Å². The summed E-state index contributed by atoms with van der Waals surface area (Å²) in [4.78, 5) is 11.1. The van der Waals surface area contributed by atoms with E-state index in [1.165, 1.54) is 6.07 Å². The fourth-order valence-corrected chi connectivity index (χ4v) is 4.12. The van der Waals surface area contributed by atoms with Crippen molar-refractivity contribution < 1.29 is 8.67 Å². The minimum atomic E-state index is -0.372. The molecule has 1 aliphatic rings. The number of piperidine rings is 1. The molecule has 0 saturated carbocycles. The molecule has 0 bridgehead atoms. The van der Waals surface area contributed by atoms with Crippen LogP contribution in [0.25, 0.3) is 22.4 Å². The molecule has 2 unspecified atom stereocenters. The molecule has 3 N–H and O–H groups in total. The van der Waals surface area contributed by atoms with Crippen LogP contribution in [0.4, 0.5) is 10.2 Å². The third-order valence-corrected chi connectivity index (χ3v) is 5.53. The van der Waals surface area contributed by atoms with Gasteiger partial charge in [0.15, 0.2) is 11.5 Å². The summed E-state index contributed by atoms with van der Waals surface area (Å²) >= 11 is 0. The van der Waals surface area contributed by atoms with Crippen LogP contribution in [0, 0.1) is 17.7 Å². The molecule has 0 spiro atoms. The van der Waals surface area contributed by atoms with Gasteiger partial charge in [-0.3, -0.25) is 5.10 Å². The first-order valence-electron chi connectivity index (χ1n) is 9.99. The van der Waals surface area contributed by atoms with Crippen molar-refractivity contribution in [2.45, 2.75) is 39.2 Å². The number of fused-ring (bicyclic) bond motifs is 1. The normalized spacial score (nSPS) is 18.8. The highest BCUT2D eigenvalue weighted by molar-refractivity contribution is 5.89. The van der Waals surface area contributed by atoms with Gasteiger partial charge in [0.25, 0.3) is 0 Å². The van der Waals surface area contributed by atoms with Gasteiger partial charge < -0.3 is 10.6 Å². The average molecular weight is 389 g/mol. The lowest BCUT2D eigenvalue weighted by Gasteiger charge is -2.37. The number of rotatable bonds is 5. The molecule has 7 heteroatoms. The van der Waals surface area contributed by atoms with Gasteiger partial charge in [-0.25, -0.2) is 14.4 Å². The molecule has 154 valence electrons. The first kappa shape index (κ1) is 18.8. The van der Waals surface area contributed by atoms with E-state index in [0.29, 0.717) is 23.2 Å². The van der Waals surface area contributed by atoms with Crippen molar-refractivity contribution in [1.29, 1.82) is 0 Å². The minimum absolute atomic E-state index is 0. The molecule has 2 atom stereocenters. The van der Waals surface area contributed by atoms with Crippen molar-refractivity contribution in [2.24, 2.45) is 17.6 Å². The number of nitrogens with two attached hydrogens (primary N) is 1. The van der Waals surface area contributed by atoms with E-state index >= 15 is 0 Å². The third kappa shape index (κ3) is 3.71. The fourth-order valence-electron chi connectivity index (χ4n) is 4.12. The predicted molar refractivity (Wildman–Crippen MR) is 116 cm³/mol. The molecule has 0 aliphatic carbocycles. The zero-order valence-electron chi connectivity index (χ0n) is 16.4. The van der Waals surface area contributed by atoms with Gasteiger partial charge in [-0.05, 0) is 55.4 Å². The summed E-state index contributed by atoms with van der Waals surface area (Å²) in [6, 6.07) is 7.11. The molecular formula is C21H33FN6. The summed E-state index contributed by atoms with van der Waals surface area (Å²) in [6.07, 6.45) is 4.90. The molecular weight excluding hydrogens is 355 g/mol. The quantitative estimate of drug-likeness (QED) is 0.673. The van der Waals surface area contributed by atoms with Crippen molar-refractivity contribution in [3.8, 4) is 11.4 Å². The molecule has 4 rings (SSSR count). The second kappa shape index (κ2) is 7.83. The van der Waals surface area contributed by atoms with Crippen LogP contribution in [0.5, 0.6) is 0 Å². The highest BCUT2D eigenvalue weighted by Crippen LogP contribution is 2.30. The summed E-state index contributed by atoms with van der Waals surface area (Å²) in [7, 11) is 0. The monoisotopic (exact) mass is 388 g/mol. The van der Waals surface area contributed by atoms with Crippen molar-refractivity contribution in [2.75, 3.05) is 18.0 Å². The van der Waals surface area contributed by atoms with Crippen molar-refractivity contribution in [1.82, 2.24) is 20.2 Å². The van der Waals surface area contributed by atoms with Crippen LogP contribution in [-0.2, 0) is 0 Å². The molecule has 1 saturated heterocycles. The first-order chi connectivity index (χ1) is 13.5. The number of pyridine rings is 2. The Kier molecular flexibility index (Phi) is 5.26. The number of H-pyrrole nitrogens is 1. The van der Waals surface area contributed by atoms with Gasteiger partial charge in [-0.1, -0.05) is 13.8 Å². The Balaban J connectivity index is 0.00000160. The molecule has 0 aromatic carbocycles. The first-order valence-corrected chi connectivity index (χ1v) is 9.99. The molecule has 6 nitrogen and oxygen atoms in total. The lowest BCUT2D eigenvalue weighted by atomic mass is 9.86. The molecule has 0 radical (unpaired) electrons. The molecule has 0 amide bonds. The Labute approximate surface area is 168 Å². The molecule has 4 heterocycles. The van der Waals surface area contributed by atoms with Gasteiger partial charge in [-0.15, -0.1) is 0 Å². The van der Waals surface area contributed by atoms with Gasteiger partial charge in [0, 0.05) is 35.0 Å². The summed E-state index contributed by atoms with van der Waals surface area (Å²) in [5, 5.41) is 7.83. The van der Waals surface area contributed by atoms with E-state index in [9.17, 15) is 4.39 Å². The van der Waals surface area contributed by atoms with E-state index < -0.39 is 0 Å². The summed E-state index contributed by atoms with van der Waals surface area (Å²) in [5.41, 5.74) is 7.85. The summed E-state index contributed by atoms with van der Waals surface area (Å²) in [6.45, 7) is 6.18. The number of aromatic amines is 1. The summed E-state index contributed by atoms with van der Waals surface area (Å²) < 4.78 is 14.6. The van der Waals surface area contributed by atoms with Crippen molar-refractivity contribution in [3.63, 3.8) is 0 Å². The SMILES string of the molecule is CC(C)CC(N)C1CCCN(c2ccc(F)c(-c3[nH]nc4ncccc34)n2)C1.[HH].[HH].[HH]. The average Bonchev–Trinajstić information content (AvgIpc) is 3.12. The van der Waals surface area contributed by atoms with Crippen LogP contribution in [0.1, 0.15) is 37.4 Å². The third-order valence-electron chi connectivity index (χ3n) is 5.53. The van der Waals surface area contributed by atoms with Gasteiger partial charge in [0.1, 0.15) is 11.5 Å². The zero-order valence-corrected chi connectivity index (χ0v) is 16.4. The highest BCUT2D eigenvalue weighted by Gasteiger charge is 2.27. The fraction of sp³-hybridized carbons (Fsp3) is 0.476. The topological polar surface area (TPSA) is 83.7 Å². The Morgan fingerprint density at radius 3 is 3.04 bits per heavy atom. The standard InChI is InChI=1S/C21H27FN6.3H2/c1-13(2)11-17(23)14-5-4-10-28(12-14)18-8-7-16(22)20(25-18)19-15-6-3-9-24-21(15)27-26-19;;;/h3,6-9,13-14,17H,4-5,10-12,23H2,1-2H3,(H,24,26,27);3*1H. The maximum Gasteiger partial charge on any atom is 0.181 e. The Morgan fingerprint density at radius 1 is 1.36 bits per heavy atom. The second-order valence-corrected chi connectivity index (χ2v) is 8.11. The number of nitrogens with zero attached hydrogens (tertiary/aromatic N) is 4. The maximum absolute atomic E-state index is 14.6. The zero-order chi connectivity index (χ0) is 19.7. The van der Waals surface area contributed by atoms with Gasteiger partial charge in [-0.2, -0.15) is 5.10 Å².